The van der Waals surface area contributed by atoms with Gasteiger partial charge in [-0.05, 0) is 116 Å². The predicted molar refractivity (Wildman–Crippen MR) is 350 cm³/mol. The van der Waals surface area contributed by atoms with Crippen LogP contribution in [0.15, 0.2) is 238 Å². The van der Waals surface area contributed by atoms with E-state index in [9.17, 15) is 54.1 Å². The summed E-state index contributed by atoms with van der Waals surface area (Å²) < 4.78 is 143. The minimum absolute atomic E-state index is 0.0205. The van der Waals surface area contributed by atoms with Gasteiger partial charge < -0.3 is 37.2 Å². The Labute approximate surface area is 530 Å². The molecule has 0 saturated heterocycles. The SMILES string of the molecule is CC1c2cc(c(O)cc2O)C(C)c2cc(c(OS(=O)(=O)c3ccc4ccccc4c3)cc2OS(=O)(=O)c2ccc3ccccc3c2)C(C)c2cc(c(O)cc2O)C(C)c2cc1c(OS(=O)(=O)c1ccc3ccccc3c1)cc2OS(=O)(=O)c1ccc2ccccc2c1. The number of rotatable bonds is 12. The Kier molecular flexibility index (Phi) is 15.2. The highest BCUT2D eigenvalue weighted by molar-refractivity contribution is 7.88. The smallest absolute Gasteiger partial charge is 0.339 e. The van der Waals surface area contributed by atoms with Crippen LogP contribution in [0.3, 0.4) is 0 Å². The molecule has 0 radical (unpaired) electrons. The van der Waals surface area contributed by atoms with Crippen molar-refractivity contribution in [1.29, 1.82) is 0 Å². The van der Waals surface area contributed by atoms with E-state index >= 15 is 0 Å². The lowest BCUT2D eigenvalue weighted by molar-refractivity contribution is 0.438. The lowest BCUT2D eigenvalue weighted by Crippen LogP contribution is -2.16. The van der Waals surface area contributed by atoms with E-state index in [4.69, 9.17) is 16.7 Å². The van der Waals surface area contributed by atoms with E-state index in [0.717, 1.165) is 45.8 Å². The molecule has 0 fully saturated rings. The third-order valence-electron chi connectivity index (χ3n) is 17.2. The Balaban J connectivity index is 1.05. The highest BCUT2D eigenvalue weighted by atomic mass is 32.2. The number of fused-ring (bicyclic) bond motifs is 12. The summed E-state index contributed by atoms with van der Waals surface area (Å²) in [5.74, 6) is -8.46. The van der Waals surface area contributed by atoms with Gasteiger partial charge in [-0.25, -0.2) is 0 Å². The molecular weight excluding hydrogens is 1250 g/mol. The van der Waals surface area contributed by atoms with Gasteiger partial charge in [0.25, 0.3) is 0 Å². The normalized spacial score (nSPS) is 16.1. The minimum Gasteiger partial charge on any atom is -0.508 e. The predicted octanol–water partition coefficient (Wildman–Crippen LogP) is 15.1. The molecule has 12 aromatic carbocycles. The number of aromatic hydroxyl groups is 4. The van der Waals surface area contributed by atoms with E-state index in [1.54, 1.807) is 149 Å². The van der Waals surface area contributed by atoms with Crippen LogP contribution in [0.1, 0.15) is 95.9 Å². The van der Waals surface area contributed by atoms with Gasteiger partial charge in [-0.2, -0.15) is 33.7 Å². The lowest BCUT2D eigenvalue weighted by atomic mass is 9.81. The van der Waals surface area contributed by atoms with Crippen molar-refractivity contribution < 1.29 is 70.8 Å². The summed E-state index contributed by atoms with van der Waals surface area (Å²) in [5.41, 5.74) is 0.237. The topological polar surface area (TPSA) is 254 Å². The van der Waals surface area contributed by atoms with Gasteiger partial charge in [0.05, 0.1) is 0 Å². The number of hydrogen-bond acceptors (Lipinski definition) is 16. The first kappa shape index (κ1) is 60.8. The van der Waals surface area contributed by atoms with Crippen molar-refractivity contribution in [3.63, 3.8) is 0 Å². The standard InChI is InChI=1S/C72H56O16S4/c1-41-57-33-58(66(74)37-65(57)73)42(2)63-36-64(72(88-92(83,84)56-28-24-48-16-8-12-20-52(48)32-56)40-71(63)87-91(81,82)55-27-23-47-15-7-11-19-51(47)31-55)44(4)60-34-59(67(75)38-68(60)76)43(3)62-35-61(41)69(85-89(77,78)53-25-21-45-13-5-9-17-49(45)29-53)39-70(62)86-90(79,80)54-26-22-46-14-6-10-18-50(46)30-54/h5-44,73-76H,1-4H3. The highest BCUT2D eigenvalue weighted by Crippen LogP contribution is 2.52. The van der Waals surface area contributed by atoms with E-state index in [0.29, 0.717) is 21.5 Å². The summed E-state index contributed by atoms with van der Waals surface area (Å²) in [4.78, 5) is -1.07. The van der Waals surface area contributed by atoms with E-state index in [1.165, 1.54) is 72.8 Å². The van der Waals surface area contributed by atoms with Crippen molar-refractivity contribution in [2.45, 2.75) is 70.9 Å². The fourth-order valence-electron chi connectivity index (χ4n) is 12.1. The molecule has 92 heavy (non-hydrogen) atoms. The zero-order valence-electron chi connectivity index (χ0n) is 49.4. The van der Waals surface area contributed by atoms with Crippen molar-refractivity contribution >= 4 is 83.6 Å². The maximum absolute atomic E-state index is 14.8. The average Bonchev–Trinajstić information content (AvgIpc) is 0.764. The van der Waals surface area contributed by atoms with Gasteiger partial charge in [-0.15, -0.1) is 0 Å². The van der Waals surface area contributed by atoms with Crippen LogP contribution in [0.4, 0.5) is 0 Å². The summed E-state index contributed by atoms with van der Waals surface area (Å²) in [6, 6.07) is 55.7. The molecule has 1 aliphatic rings. The second-order valence-electron chi connectivity index (χ2n) is 22.9. The fraction of sp³-hybridized carbons (Fsp3) is 0.111. The first-order chi connectivity index (χ1) is 43.8. The molecule has 0 heterocycles. The van der Waals surface area contributed by atoms with Crippen LogP contribution < -0.4 is 16.7 Å². The Morgan fingerprint density at radius 3 is 0.652 bits per heavy atom. The third-order valence-corrected chi connectivity index (χ3v) is 22.1. The third kappa shape index (κ3) is 11.3. The molecule has 16 nitrogen and oxygen atoms in total. The summed E-state index contributed by atoms with van der Waals surface area (Å²) in [7, 11) is -19.3. The zero-order valence-corrected chi connectivity index (χ0v) is 52.7. The van der Waals surface area contributed by atoms with E-state index in [-0.39, 0.29) is 64.1 Å². The summed E-state index contributed by atoms with van der Waals surface area (Å²) in [6.07, 6.45) is 0. The van der Waals surface area contributed by atoms with E-state index < -0.39 is 110 Å². The lowest BCUT2D eigenvalue weighted by Gasteiger charge is -2.27. The number of hydrogen-bond donors (Lipinski definition) is 4. The van der Waals surface area contributed by atoms with Crippen molar-refractivity contribution in [3.05, 3.63) is 263 Å². The van der Waals surface area contributed by atoms with Gasteiger partial charge in [-0.3, -0.25) is 0 Å². The number of phenols is 4. The van der Waals surface area contributed by atoms with Gasteiger partial charge in [0, 0.05) is 92.4 Å². The van der Waals surface area contributed by atoms with Crippen LogP contribution in [0, 0.1) is 0 Å². The Hall–Kier alpha value is -10.1. The van der Waals surface area contributed by atoms with Crippen molar-refractivity contribution in [3.8, 4) is 46.0 Å². The molecule has 0 saturated carbocycles. The molecule has 20 heteroatoms. The van der Waals surface area contributed by atoms with E-state index in [1.807, 2.05) is 0 Å². The molecule has 0 amide bonds. The Bertz CT molecular complexity index is 4850. The molecular formula is C72H56O16S4. The van der Waals surface area contributed by atoms with Gasteiger partial charge in [0.2, 0.25) is 0 Å². The Morgan fingerprint density at radius 2 is 0.435 bits per heavy atom. The van der Waals surface area contributed by atoms with Crippen LogP contribution in [-0.2, 0) is 40.5 Å². The molecule has 4 N–H and O–H groups in total. The van der Waals surface area contributed by atoms with Gasteiger partial charge >= 0.3 is 40.5 Å². The van der Waals surface area contributed by atoms with E-state index in [2.05, 4.69) is 0 Å². The minimum atomic E-state index is -4.83. The van der Waals surface area contributed by atoms with Crippen molar-refractivity contribution in [2.24, 2.45) is 0 Å². The summed E-state index contributed by atoms with van der Waals surface area (Å²) in [5, 5.41) is 53.4. The fourth-order valence-corrected chi connectivity index (χ4v) is 16.0. The molecule has 1 aliphatic carbocycles. The summed E-state index contributed by atoms with van der Waals surface area (Å²) >= 11 is 0. The van der Waals surface area contributed by atoms with Gasteiger partial charge in [0.1, 0.15) is 42.6 Å². The Morgan fingerprint density at radius 1 is 0.239 bits per heavy atom. The van der Waals surface area contributed by atoms with Crippen LogP contribution in [0.5, 0.6) is 46.0 Å². The first-order valence-electron chi connectivity index (χ1n) is 29.0. The summed E-state index contributed by atoms with van der Waals surface area (Å²) in [6.45, 7) is 6.38. The molecule has 12 aromatic rings. The van der Waals surface area contributed by atoms with Crippen molar-refractivity contribution in [2.75, 3.05) is 0 Å². The van der Waals surface area contributed by atoms with Crippen LogP contribution in [-0.4, -0.2) is 54.1 Å². The quantitative estimate of drug-likeness (QED) is 0.0830. The molecule has 13 rings (SSSR count). The molecule has 4 atom stereocenters. The molecule has 0 spiro atoms. The van der Waals surface area contributed by atoms with Crippen molar-refractivity contribution in [1.82, 2.24) is 0 Å². The first-order valence-corrected chi connectivity index (χ1v) is 34.7. The largest absolute Gasteiger partial charge is 0.508 e. The molecule has 0 aromatic heterocycles. The van der Waals surface area contributed by atoms with Gasteiger partial charge in [-0.1, -0.05) is 149 Å². The molecule has 0 aliphatic heterocycles. The molecule has 4 unspecified atom stereocenters. The van der Waals surface area contributed by atoms with Crippen LogP contribution >= 0.6 is 0 Å². The molecule has 464 valence electrons. The second kappa shape index (κ2) is 23.0. The maximum Gasteiger partial charge on any atom is 0.339 e. The second-order valence-corrected chi connectivity index (χ2v) is 29.1. The zero-order chi connectivity index (χ0) is 64.8. The number of phenolic OH excluding ortho intramolecular Hbond substituents is 4. The average molecular weight is 1310 g/mol. The monoisotopic (exact) mass is 1300 g/mol. The van der Waals surface area contributed by atoms with Gasteiger partial charge in [0.15, 0.2) is 23.0 Å². The maximum atomic E-state index is 14.8. The number of benzene rings is 12. The van der Waals surface area contributed by atoms with Crippen LogP contribution in [0.25, 0.3) is 43.1 Å². The van der Waals surface area contributed by atoms with Crippen LogP contribution in [0.2, 0.25) is 0 Å². The highest BCUT2D eigenvalue weighted by Gasteiger charge is 2.35. The molecule has 8 bridgehead atoms.